The van der Waals surface area contributed by atoms with E-state index in [0.717, 1.165) is 0 Å². The lowest BCUT2D eigenvalue weighted by molar-refractivity contribution is 0.0959. The standard InChI is InChI=1S/C14H15FN2O2S/c1-3-16-14(18)13-9(2)17-12(20-13)8-19-11-6-4-10(15)5-7-11/h4-7H,3,8H2,1-2H3,(H,16,18). The average Bonchev–Trinajstić information content (AvgIpc) is 2.80. The first-order valence-electron chi connectivity index (χ1n) is 6.23. The second-order valence-corrected chi connectivity index (χ2v) is 5.21. The van der Waals surface area contributed by atoms with E-state index < -0.39 is 0 Å². The summed E-state index contributed by atoms with van der Waals surface area (Å²) in [5, 5.41) is 3.46. The van der Waals surface area contributed by atoms with Gasteiger partial charge in [-0.3, -0.25) is 4.79 Å². The molecule has 6 heteroatoms. The van der Waals surface area contributed by atoms with E-state index in [4.69, 9.17) is 4.74 Å². The normalized spacial score (nSPS) is 10.3. The minimum absolute atomic E-state index is 0.115. The van der Waals surface area contributed by atoms with Crippen molar-refractivity contribution in [3.63, 3.8) is 0 Å². The molecule has 1 N–H and O–H groups in total. The molecule has 2 aromatic rings. The lowest BCUT2D eigenvalue weighted by Gasteiger charge is -2.03. The number of aryl methyl sites for hydroxylation is 1. The van der Waals surface area contributed by atoms with Gasteiger partial charge < -0.3 is 10.1 Å². The summed E-state index contributed by atoms with van der Waals surface area (Å²) in [7, 11) is 0. The molecular weight excluding hydrogens is 279 g/mol. The second-order valence-electron chi connectivity index (χ2n) is 4.12. The van der Waals surface area contributed by atoms with Crippen LogP contribution in [0, 0.1) is 12.7 Å². The molecule has 2 rings (SSSR count). The van der Waals surface area contributed by atoms with Crippen LogP contribution in [0.5, 0.6) is 5.75 Å². The zero-order valence-electron chi connectivity index (χ0n) is 11.3. The monoisotopic (exact) mass is 294 g/mol. The molecule has 0 spiro atoms. The van der Waals surface area contributed by atoms with Crippen LogP contribution in [0.4, 0.5) is 4.39 Å². The number of hydrogen-bond acceptors (Lipinski definition) is 4. The fraction of sp³-hybridized carbons (Fsp3) is 0.286. The Morgan fingerprint density at radius 2 is 2.10 bits per heavy atom. The van der Waals surface area contributed by atoms with Crippen LogP contribution in [-0.4, -0.2) is 17.4 Å². The summed E-state index contributed by atoms with van der Waals surface area (Å²) in [6.07, 6.45) is 0. The highest BCUT2D eigenvalue weighted by molar-refractivity contribution is 7.13. The van der Waals surface area contributed by atoms with Gasteiger partial charge in [-0.05, 0) is 38.1 Å². The van der Waals surface area contributed by atoms with Crippen molar-refractivity contribution in [1.82, 2.24) is 10.3 Å². The number of thiazole rings is 1. The van der Waals surface area contributed by atoms with Crippen LogP contribution in [-0.2, 0) is 6.61 Å². The third-order valence-electron chi connectivity index (χ3n) is 2.56. The summed E-state index contributed by atoms with van der Waals surface area (Å²) in [6, 6.07) is 5.78. The Morgan fingerprint density at radius 3 is 2.75 bits per heavy atom. The van der Waals surface area contributed by atoms with Crippen LogP contribution in [0.3, 0.4) is 0 Å². The van der Waals surface area contributed by atoms with Crippen molar-refractivity contribution in [3.8, 4) is 5.75 Å². The van der Waals surface area contributed by atoms with Crippen molar-refractivity contribution in [3.05, 3.63) is 45.7 Å². The second kappa shape index (κ2) is 6.47. The molecule has 106 valence electrons. The van der Waals surface area contributed by atoms with Crippen LogP contribution in [0.1, 0.15) is 27.3 Å². The number of halogens is 1. The number of carbonyl (C=O) groups is 1. The Bertz CT molecular complexity index is 596. The van der Waals surface area contributed by atoms with Crippen molar-refractivity contribution in [2.45, 2.75) is 20.5 Å². The molecule has 0 saturated heterocycles. The van der Waals surface area contributed by atoms with Crippen LogP contribution in [0.15, 0.2) is 24.3 Å². The Labute approximate surface area is 120 Å². The third-order valence-corrected chi connectivity index (χ3v) is 3.69. The maximum atomic E-state index is 12.8. The van der Waals surface area contributed by atoms with Gasteiger partial charge >= 0.3 is 0 Å². The molecule has 1 aromatic carbocycles. The summed E-state index contributed by atoms with van der Waals surface area (Å²) < 4.78 is 18.3. The highest BCUT2D eigenvalue weighted by Crippen LogP contribution is 2.20. The molecule has 1 amide bonds. The van der Waals surface area contributed by atoms with Gasteiger partial charge in [-0.1, -0.05) is 0 Å². The lowest BCUT2D eigenvalue weighted by Crippen LogP contribution is -2.22. The SMILES string of the molecule is CCNC(=O)c1sc(COc2ccc(F)cc2)nc1C. The predicted molar refractivity (Wildman–Crippen MR) is 75.6 cm³/mol. The van der Waals surface area contributed by atoms with Gasteiger partial charge in [0.15, 0.2) is 0 Å². The van der Waals surface area contributed by atoms with Crippen molar-refractivity contribution in [2.24, 2.45) is 0 Å². The highest BCUT2D eigenvalue weighted by Gasteiger charge is 2.14. The molecule has 0 fully saturated rings. The topological polar surface area (TPSA) is 51.2 Å². The fourth-order valence-corrected chi connectivity index (χ4v) is 2.54. The predicted octanol–water partition coefficient (Wildman–Crippen LogP) is 2.92. The first-order chi connectivity index (χ1) is 9.60. The van der Waals surface area contributed by atoms with Gasteiger partial charge in [0.05, 0.1) is 5.69 Å². The zero-order valence-corrected chi connectivity index (χ0v) is 12.1. The van der Waals surface area contributed by atoms with E-state index in [2.05, 4.69) is 10.3 Å². The fourth-order valence-electron chi connectivity index (χ4n) is 1.64. The smallest absolute Gasteiger partial charge is 0.263 e. The zero-order chi connectivity index (χ0) is 14.5. The number of benzene rings is 1. The molecule has 0 aliphatic carbocycles. The van der Waals surface area contributed by atoms with E-state index in [1.54, 1.807) is 19.1 Å². The summed E-state index contributed by atoms with van der Waals surface area (Å²) in [6.45, 7) is 4.50. The molecule has 20 heavy (non-hydrogen) atoms. The molecule has 0 radical (unpaired) electrons. The maximum Gasteiger partial charge on any atom is 0.263 e. The summed E-state index contributed by atoms with van der Waals surface area (Å²) in [4.78, 5) is 16.7. The van der Waals surface area contributed by atoms with Crippen molar-refractivity contribution in [1.29, 1.82) is 0 Å². The van der Waals surface area contributed by atoms with E-state index in [-0.39, 0.29) is 18.3 Å². The number of ether oxygens (including phenoxy) is 1. The van der Waals surface area contributed by atoms with E-state index in [0.29, 0.717) is 27.9 Å². The number of amides is 1. The number of rotatable bonds is 5. The van der Waals surface area contributed by atoms with Crippen LogP contribution < -0.4 is 10.1 Å². The van der Waals surface area contributed by atoms with Gasteiger partial charge in [0.25, 0.3) is 5.91 Å². The number of nitrogens with one attached hydrogen (secondary N) is 1. The van der Waals surface area contributed by atoms with Gasteiger partial charge in [0, 0.05) is 6.54 Å². The van der Waals surface area contributed by atoms with Gasteiger partial charge in [-0.15, -0.1) is 11.3 Å². The molecule has 0 bridgehead atoms. The molecule has 0 aliphatic rings. The minimum atomic E-state index is -0.305. The highest BCUT2D eigenvalue weighted by atomic mass is 32.1. The molecular formula is C14H15FN2O2S. The van der Waals surface area contributed by atoms with Gasteiger partial charge in [0.2, 0.25) is 0 Å². The van der Waals surface area contributed by atoms with Crippen molar-refractivity contribution >= 4 is 17.2 Å². The van der Waals surface area contributed by atoms with E-state index in [1.807, 2.05) is 6.92 Å². The molecule has 1 heterocycles. The molecule has 0 saturated carbocycles. The number of nitrogens with zero attached hydrogens (tertiary/aromatic N) is 1. The van der Waals surface area contributed by atoms with E-state index in [9.17, 15) is 9.18 Å². The molecule has 0 aliphatic heterocycles. The maximum absolute atomic E-state index is 12.8. The van der Waals surface area contributed by atoms with Crippen molar-refractivity contribution < 1.29 is 13.9 Å². The Balaban J connectivity index is 2.01. The third kappa shape index (κ3) is 3.54. The lowest BCUT2D eigenvalue weighted by atomic mass is 10.3. The molecule has 0 unspecified atom stereocenters. The quantitative estimate of drug-likeness (QED) is 0.922. The molecule has 4 nitrogen and oxygen atoms in total. The summed E-state index contributed by atoms with van der Waals surface area (Å²) >= 11 is 1.31. The van der Waals surface area contributed by atoms with Crippen molar-refractivity contribution in [2.75, 3.05) is 6.54 Å². The van der Waals surface area contributed by atoms with Gasteiger partial charge in [-0.2, -0.15) is 0 Å². The number of aromatic nitrogens is 1. The van der Waals surface area contributed by atoms with Crippen LogP contribution in [0.25, 0.3) is 0 Å². The number of carbonyl (C=O) groups excluding carboxylic acids is 1. The summed E-state index contributed by atoms with van der Waals surface area (Å²) in [5.74, 6) is 0.148. The molecule has 1 aromatic heterocycles. The molecule has 0 atom stereocenters. The Kier molecular flexibility index (Phi) is 4.68. The summed E-state index contributed by atoms with van der Waals surface area (Å²) in [5.41, 5.74) is 0.693. The van der Waals surface area contributed by atoms with Crippen LogP contribution >= 0.6 is 11.3 Å². The number of hydrogen-bond donors (Lipinski definition) is 1. The van der Waals surface area contributed by atoms with Crippen LogP contribution in [0.2, 0.25) is 0 Å². The van der Waals surface area contributed by atoms with Gasteiger partial charge in [0.1, 0.15) is 28.1 Å². The van der Waals surface area contributed by atoms with Gasteiger partial charge in [-0.25, -0.2) is 9.37 Å². The Morgan fingerprint density at radius 1 is 1.40 bits per heavy atom. The largest absolute Gasteiger partial charge is 0.486 e. The first kappa shape index (κ1) is 14.5. The first-order valence-corrected chi connectivity index (χ1v) is 7.04. The van der Waals surface area contributed by atoms with E-state index >= 15 is 0 Å². The van der Waals surface area contributed by atoms with E-state index in [1.165, 1.54) is 23.5 Å². The minimum Gasteiger partial charge on any atom is -0.486 e. The Hall–Kier alpha value is -1.95. The average molecular weight is 294 g/mol.